The predicted molar refractivity (Wildman–Crippen MR) is 65.3 cm³/mol. The molecular weight excluding hydrogens is 216 g/mol. The van der Waals surface area contributed by atoms with E-state index in [2.05, 4.69) is 0 Å². The van der Waals surface area contributed by atoms with Crippen LogP contribution >= 0.6 is 0 Å². The van der Waals surface area contributed by atoms with Gasteiger partial charge in [0.2, 0.25) is 11.8 Å². The molecule has 2 heterocycles. The molecule has 3 fully saturated rings. The maximum atomic E-state index is 12.4. The van der Waals surface area contributed by atoms with Crippen LogP contribution in [0.2, 0.25) is 0 Å². The summed E-state index contributed by atoms with van der Waals surface area (Å²) in [7, 11) is 1.82. The molecule has 4 heteroatoms. The molecule has 4 nitrogen and oxygen atoms in total. The van der Waals surface area contributed by atoms with Crippen LogP contribution in [0, 0.1) is 11.8 Å². The minimum Gasteiger partial charge on any atom is -0.344 e. The predicted octanol–water partition coefficient (Wildman–Crippen LogP) is 1.11. The van der Waals surface area contributed by atoms with Crippen LogP contribution in [-0.2, 0) is 9.59 Å². The Bertz CT molecular complexity index is 345. The van der Waals surface area contributed by atoms with E-state index in [1.54, 1.807) is 4.90 Å². The Morgan fingerprint density at radius 1 is 1.41 bits per heavy atom. The largest absolute Gasteiger partial charge is 0.344 e. The number of hydrogen-bond donors (Lipinski definition) is 0. The van der Waals surface area contributed by atoms with E-state index >= 15 is 0 Å². The van der Waals surface area contributed by atoms with E-state index < -0.39 is 5.54 Å². The minimum absolute atomic E-state index is 0.0223. The first kappa shape index (κ1) is 12.4. The normalized spacial score (nSPS) is 30.4. The summed E-state index contributed by atoms with van der Waals surface area (Å²) in [5.74, 6) is 0.781. The molecular formula is C13H22N2O2. The Balaban J connectivity index is 2.20. The van der Waals surface area contributed by atoms with Gasteiger partial charge in [0.05, 0.1) is 0 Å². The number of likely N-dealkylation sites (N-methyl/N-ethyl adjacent to an activating group) is 1. The van der Waals surface area contributed by atoms with Gasteiger partial charge in [-0.1, -0.05) is 13.8 Å². The van der Waals surface area contributed by atoms with Gasteiger partial charge in [0.1, 0.15) is 5.54 Å². The van der Waals surface area contributed by atoms with Crippen molar-refractivity contribution in [1.82, 2.24) is 9.80 Å². The van der Waals surface area contributed by atoms with Crippen molar-refractivity contribution in [2.45, 2.75) is 39.2 Å². The molecule has 0 spiro atoms. The van der Waals surface area contributed by atoms with E-state index in [9.17, 15) is 9.59 Å². The molecule has 0 aromatic rings. The van der Waals surface area contributed by atoms with Crippen LogP contribution in [0.15, 0.2) is 0 Å². The number of nitrogens with zero attached hydrogens (tertiary/aromatic N) is 2. The third-order valence-electron chi connectivity index (χ3n) is 4.19. The molecule has 1 saturated carbocycles. The van der Waals surface area contributed by atoms with E-state index in [1.807, 2.05) is 32.7 Å². The van der Waals surface area contributed by atoms with Gasteiger partial charge in [-0.05, 0) is 25.7 Å². The van der Waals surface area contributed by atoms with Gasteiger partial charge < -0.3 is 9.80 Å². The molecule has 0 atom stereocenters. The first-order valence-electron chi connectivity index (χ1n) is 6.49. The summed E-state index contributed by atoms with van der Waals surface area (Å²) in [5, 5.41) is 0. The van der Waals surface area contributed by atoms with Crippen molar-refractivity contribution in [3.63, 3.8) is 0 Å². The van der Waals surface area contributed by atoms with Crippen LogP contribution in [0.25, 0.3) is 0 Å². The lowest BCUT2D eigenvalue weighted by Gasteiger charge is -2.43. The van der Waals surface area contributed by atoms with Crippen LogP contribution in [-0.4, -0.2) is 47.3 Å². The van der Waals surface area contributed by atoms with E-state index in [4.69, 9.17) is 0 Å². The highest BCUT2D eigenvalue weighted by Gasteiger charge is 2.62. The molecule has 96 valence electrons. The van der Waals surface area contributed by atoms with Gasteiger partial charge in [-0.3, -0.25) is 9.59 Å². The Kier molecular flexibility index (Phi) is 2.92. The van der Waals surface area contributed by atoms with Gasteiger partial charge in [-0.2, -0.15) is 0 Å². The number of hydrogen-bond acceptors (Lipinski definition) is 2. The summed E-state index contributed by atoms with van der Waals surface area (Å²) >= 11 is 0. The Morgan fingerprint density at radius 2 is 2.00 bits per heavy atom. The Morgan fingerprint density at radius 3 is 2.47 bits per heavy atom. The zero-order chi connectivity index (χ0) is 12.8. The van der Waals surface area contributed by atoms with Crippen molar-refractivity contribution >= 4 is 11.8 Å². The molecule has 2 aliphatic heterocycles. The zero-order valence-corrected chi connectivity index (χ0v) is 11.2. The summed E-state index contributed by atoms with van der Waals surface area (Å²) in [6.45, 7) is 7.25. The fraction of sp³-hybridized carbons (Fsp3) is 0.846. The standard InChI is InChI=1S/C13H22N2O2/c1-5-14(4)12(17)13-6-10(7-13)8-15(13)11(16)9(2)3/h9-10H,5-8H2,1-4H3. The Labute approximate surface area is 103 Å². The summed E-state index contributed by atoms with van der Waals surface area (Å²) in [5.41, 5.74) is -0.489. The molecule has 2 amide bonds. The first-order valence-corrected chi connectivity index (χ1v) is 6.49. The second-order valence-electron chi connectivity index (χ2n) is 5.73. The smallest absolute Gasteiger partial charge is 0.248 e. The second-order valence-corrected chi connectivity index (χ2v) is 5.73. The van der Waals surface area contributed by atoms with Gasteiger partial charge in [-0.15, -0.1) is 0 Å². The molecule has 0 radical (unpaired) electrons. The number of fused-ring (bicyclic) bond motifs is 1. The maximum absolute atomic E-state index is 12.4. The summed E-state index contributed by atoms with van der Waals surface area (Å²) < 4.78 is 0. The van der Waals surface area contributed by atoms with Crippen LogP contribution in [0.5, 0.6) is 0 Å². The SMILES string of the molecule is CCN(C)C(=O)C12CC(CN1C(=O)C(C)C)C2. The van der Waals surface area contributed by atoms with Gasteiger partial charge >= 0.3 is 0 Å². The topological polar surface area (TPSA) is 40.6 Å². The minimum atomic E-state index is -0.489. The molecule has 3 rings (SSSR count). The lowest BCUT2D eigenvalue weighted by molar-refractivity contribution is -0.153. The number of amides is 2. The number of rotatable bonds is 3. The molecule has 3 aliphatic rings. The van der Waals surface area contributed by atoms with Crippen LogP contribution in [0.1, 0.15) is 33.6 Å². The highest BCUT2D eigenvalue weighted by molar-refractivity contribution is 5.94. The summed E-state index contributed by atoms with van der Waals surface area (Å²) in [6.07, 6.45) is 1.74. The molecule has 0 unspecified atom stereocenters. The zero-order valence-electron chi connectivity index (χ0n) is 11.2. The van der Waals surface area contributed by atoms with Gasteiger partial charge in [0, 0.05) is 26.1 Å². The quantitative estimate of drug-likeness (QED) is 0.739. The molecule has 0 aromatic heterocycles. The van der Waals surface area contributed by atoms with E-state index in [0.717, 1.165) is 19.4 Å². The lowest BCUT2D eigenvalue weighted by Crippen LogP contribution is -2.59. The van der Waals surface area contributed by atoms with Gasteiger partial charge in [-0.25, -0.2) is 0 Å². The van der Waals surface area contributed by atoms with Crippen molar-refractivity contribution in [1.29, 1.82) is 0 Å². The van der Waals surface area contributed by atoms with Crippen molar-refractivity contribution < 1.29 is 9.59 Å². The van der Waals surface area contributed by atoms with Crippen LogP contribution in [0.4, 0.5) is 0 Å². The van der Waals surface area contributed by atoms with Crippen molar-refractivity contribution in [3.8, 4) is 0 Å². The number of carbonyl (C=O) groups is 2. The molecule has 2 saturated heterocycles. The molecule has 0 N–H and O–H groups in total. The van der Waals surface area contributed by atoms with Crippen LogP contribution in [0.3, 0.4) is 0 Å². The average Bonchev–Trinajstić information content (AvgIpc) is 2.80. The maximum Gasteiger partial charge on any atom is 0.248 e. The highest BCUT2D eigenvalue weighted by Crippen LogP contribution is 2.51. The molecule has 17 heavy (non-hydrogen) atoms. The lowest BCUT2D eigenvalue weighted by atomic mass is 9.72. The average molecular weight is 238 g/mol. The Hall–Kier alpha value is -1.06. The molecule has 0 aromatic carbocycles. The van der Waals surface area contributed by atoms with Gasteiger partial charge in [0.15, 0.2) is 0 Å². The van der Waals surface area contributed by atoms with Crippen molar-refractivity contribution in [2.75, 3.05) is 20.1 Å². The molecule has 1 aliphatic carbocycles. The van der Waals surface area contributed by atoms with E-state index in [-0.39, 0.29) is 17.7 Å². The fourth-order valence-corrected chi connectivity index (χ4v) is 3.08. The third kappa shape index (κ3) is 1.65. The second kappa shape index (κ2) is 4.00. The van der Waals surface area contributed by atoms with Crippen LogP contribution < -0.4 is 0 Å². The van der Waals surface area contributed by atoms with Gasteiger partial charge in [0.25, 0.3) is 0 Å². The van der Waals surface area contributed by atoms with Crippen molar-refractivity contribution in [2.24, 2.45) is 11.8 Å². The van der Waals surface area contributed by atoms with E-state index in [0.29, 0.717) is 12.5 Å². The highest BCUT2D eigenvalue weighted by atomic mass is 16.2. The van der Waals surface area contributed by atoms with E-state index in [1.165, 1.54) is 0 Å². The fourth-order valence-electron chi connectivity index (χ4n) is 3.08. The number of carbonyl (C=O) groups excluding carboxylic acids is 2. The third-order valence-corrected chi connectivity index (χ3v) is 4.19. The first-order chi connectivity index (χ1) is 7.92. The summed E-state index contributed by atoms with van der Waals surface area (Å²) in [6, 6.07) is 0. The van der Waals surface area contributed by atoms with Crippen molar-refractivity contribution in [3.05, 3.63) is 0 Å². The molecule has 2 bridgehead atoms. The monoisotopic (exact) mass is 238 g/mol. The summed E-state index contributed by atoms with van der Waals surface area (Å²) in [4.78, 5) is 28.1.